The highest BCUT2D eigenvalue weighted by molar-refractivity contribution is 9.10. The average Bonchev–Trinajstić information content (AvgIpc) is 3.41. The first-order valence-corrected chi connectivity index (χ1v) is 8.95. The molecular weight excluding hydrogens is 384 g/mol. The van der Waals surface area contributed by atoms with Crippen molar-refractivity contribution in [3.8, 4) is 5.75 Å². The van der Waals surface area contributed by atoms with Gasteiger partial charge in [0.15, 0.2) is 6.10 Å². The molecule has 5 nitrogen and oxygen atoms in total. The van der Waals surface area contributed by atoms with Crippen molar-refractivity contribution in [1.82, 2.24) is 5.32 Å². The van der Waals surface area contributed by atoms with Crippen LogP contribution in [0.1, 0.15) is 30.1 Å². The highest BCUT2D eigenvalue weighted by atomic mass is 79.9. The number of hydrogen-bond donors (Lipinski definition) is 2. The lowest BCUT2D eigenvalue weighted by atomic mass is 10.1. The van der Waals surface area contributed by atoms with Crippen LogP contribution >= 0.6 is 15.9 Å². The van der Waals surface area contributed by atoms with E-state index in [0.717, 1.165) is 17.3 Å². The van der Waals surface area contributed by atoms with Gasteiger partial charge in [-0.3, -0.25) is 9.59 Å². The van der Waals surface area contributed by atoms with Gasteiger partial charge in [0.05, 0.1) is 11.3 Å². The Morgan fingerprint density at radius 2 is 1.80 bits per heavy atom. The summed E-state index contributed by atoms with van der Waals surface area (Å²) >= 11 is 3.35. The molecule has 2 amide bonds. The monoisotopic (exact) mass is 402 g/mol. The summed E-state index contributed by atoms with van der Waals surface area (Å²) in [5, 5.41) is 5.71. The number of amides is 2. The summed E-state index contributed by atoms with van der Waals surface area (Å²) in [4.78, 5) is 24.7. The lowest BCUT2D eigenvalue weighted by molar-refractivity contribution is -0.122. The first-order chi connectivity index (χ1) is 12.0. The second-order valence-electron chi connectivity index (χ2n) is 6.00. The third-order valence-electron chi connectivity index (χ3n) is 3.84. The summed E-state index contributed by atoms with van der Waals surface area (Å²) < 4.78 is 6.58. The Kier molecular flexibility index (Phi) is 5.38. The Bertz CT molecular complexity index is 772. The number of ether oxygens (including phenoxy) is 1. The lowest BCUT2D eigenvalue weighted by Crippen LogP contribution is -2.32. The minimum Gasteiger partial charge on any atom is -0.481 e. The maximum Gasteiger partial charge on any atom is 0.265 e. The van der Waals surface area contributed by atoms with Crippen molar-refractivity contribution in [2.45, 2.75) is 31.9 Å². The number of benzene rings is 2. The maximum absolute atomic E-state index is 12.4. The van der Waals surface area contributed by atoms with Gasteiger partial charge in [-0.2, -0.15) is 0 Å². The predicted octanol–water partition coefficient (Wildman–Crippen LogP) is 3.75. The van der Waals surface area contributed by atoms with Gasteiger partial charge in [-0.15, -0.1) is 0 Å². The zero-order chi connectivity index (χ0) is 17.8. The van der Waals surface area contributed by atoms with Crippen LogP contribution in [0.3, 0.4) is 0 Å². The van der Waals surface area contributed by atoms with Gasteiger partial charge < -0.3 is 15.4 Å². The van der Waals surface area contributed by atoms with Crippen LogP contribution in [0.25, 0.3) is 0 Å². The van der Waals surface area contributed by atoms with Crippen LogP contribution in [0.15, 0.2) is 53.0 Å². The molecule has 1 aliphatic carbocycles. The fraction of sp³-hybridized carbons (Fsp3) is 0.263. The van der Waals surface area contributed by atoms with E-state index in [4.69, 9.17) is 4.74 Å². The molecule has 1 fully saturated rings. The van der Waals surface area contributed by atoms with Gasteiger partial charge in [0.25, 0.3) is 11.8 Å². The number of nitrogens with one attached hydrogen (secondary N) is 2. The van der Waals surface area contributed by atoms with E-state index in [2.05, 4.69) is 26.6 Å². The number of anilines is 1. The molecule has 0 spiro atoms. The highest BCUT2D eigenvalue weighted by Crippen LogP contribution is 2.22. The number of carbonyl (C=O) groups is 2. The quantitative estimate of drug-likeness (QED) is 0.772. The predicted molar refractivity (Wildman–Crippen MR) is 99.8 cm³/mol. The van der Waals surface area contributed by atoms with E-state index in [0.29, 0.717) is 17.0 Å². The van der Waals surface area contributed by atoms with Crippen LogP contribution in [0.4, 0.5) is 5.69 Å². The summed E-state index contributed by atoms with van der Waals surface area (Å²) in [6, 6.07) is 14.5. The number of halogens is 1. The molecule has 0 aromatic heterocycles. The van der Waals surface area contributed by atoms with Crippen molar-refractivity contribution in [2.75, 3.05) is 5.32 Å². The molecule has 3 rings (SSSR count). The smallest absolute Gasteiger partial charge is 0.265 e. The minimum atomic E-state index is -0.694. The summed E-state index contributed by atoms with van der Waals surface area (Å²) in [5.74, 6) is 0.125. The summed E-state index contributed by atoms with van der Waals surface area (Å²) in [6.07, 6.45) is 1.33. The molecule has 0 bridgehead atoms. The molecule has 1 aliphatic rings. The Morgan fingerprint density at radius 3 is 2.48 bits per heavy atom. The Hall–Kier alpha value is -2.34. The Labute approximate surface area is 154 Å². The van der Waals surface area contributed by atoms with E-state index in [-0.39, 0.29) is 17.9 Å². The average molecular weight is 403 g/mol. The van der Waals surface area contributed by atoms with Gasteiger partial charge in [0.2, 0.25) is 0 Å². The van der Waals surface area contributed by atoms with Gasteiger partial charge in [-0.05, 0) is 56.2 Å². The summed E-state index contributed by atoms with van der Waals surface area (Å²) in [7, 11) is 0. The third-order valence-corrected chi connectivity index (χ3v) is 4.37. The molecule has 6 heteroatoms. The first-order valence-electron chi connectivity index (χ1n) is 8.16. The summed E-state index contributed by atoms with van der Waals surface area (Å²) in [6.45, 7) is 1.67. The second-order valence-corrected chi connectivity index (χ2v) is 6.91. The Balaban J connectivity index is 1.65. The molecular formula is C19H19BrN2O3. The van der Waals surface area contributed by atoms with Crippen LogP contribution in [-0.4, -0.2) is 24.0 Å². The molecule has 0 saturated heterocycles. The molecule has 2 aromatic carbocycles. The molecule has 0 aliphatic heterocycles. The standard InChI is InChI=1S/C19H19BrN2O3/c1-12(25-15-10-6-13(20)7-11-15)18(23)22-17-5-3-2-4-16(17)19(24)21-14-8-9-14/h2-7,10-12,14H,8-9H2,1H3,(H,21,24)(H,22,23). The molecule has 1 unspecified atom stereocenters. The van der Waals surface area contributed by atoms with Crippen molar-refractivity contribution >= 4 is 33.4 Å². The molecule has 1 saturated carbocycles. The molecule has 1 atom stereocenters. The normalized spacial score (nSPS) is 14.5. The van der Waals surface area contributed by atoms with Crippen molar-refractivity contribution in [2.24, 2.45) is 0 Å². The van der Waals surface area contributed by atoms with Crippen molar-refractivity contribution in [1.29, 1.82) is 0 Å². The van der Waals surface area contributed by atoms with Gasteiger partial charge in [0.1, 0.15) is 5.75 Å². The number of rotatable bonds is 6. The van der Waals surface area contributed by atoms with Crippen LogP contribution in [0.2, 0.25) is 0 Å². The van der Waals surface area contributed by atoms with E-state index in [1.165, 1.54) is 0 Å². The second kappa shape index (κ2) is 7.70. The number of para-hydroxylation sites is 1. The molecule has 2 aromatic rings. The van der Waals surface area contributed by atoms with Crippen molar-refractivity contribution < 1.29 is 14.3 Å². The van der Waals surface area contributed by atoms with Gasteiger partial charge in [0, 0.05) is 10.5 Å². The molecule has 130 valence electrons. The van der Waals surface area contributed by atoms with Gasteiger partial charge in [-0.1, -0.05) is 28.1 Å². The molecule has 25 heavy (non-hydrogen) atoms. The topological polar surface area (TPSA) is 67.4 Å². The van der Waals surface area contributed by atoms with E-state index in [1.54, 1.807) is 43.3 Å². The molecule has 0 heterocycles. The number of carbonyl (C=O) groups excluding carboxylic acids is 2. The zero-order valence-electron chi connectivity index (χ0n) is 13.8. The summed E-state index contributed by atoms with van der Waals surface area (Å²) in [5.41, 5.74) is 0.940. The van der Waals surface area contributed by atoms with Crippen LogP contribution in [-0.2, 0) is 4.79 Å². The fourth-order valence-corrected chi connectivity index (χ4v) is 2.55. The fourth-order valence-electron chi connectivity index (χ4n) is 2.29. The van der Waals surface area contributed by atoms with Crippen LogP contribution < -0.4 is 15.4 Å². The van der Waals surface area contributed by atoms with Crippen molar-refractivity contribution in [3.05, 3.63) is 58.6 Å². The maximum atomic E-state index is 12.4. The number of hydrogen-bond acceptors (Lipinski definition) is 3. The van der Waals surface area contributed by atoms with E-state index in [1.807, 2.05) is 12.1 Å². The first kappa shape index (κ1) is 17.5. The van der Waals surface area contributed by atoms with Gasteiger partial charge >= 0.3 is 0 Å². The van der Waals surface area contributed by atoms with Crippen LogP contribution in [0, 0.1) is 0 Å². The van der Waals surface area contributed by atoms with Gasteiger partial charge in [-0.25, -0.2) is 0 Å². The van der Waals surface area contributed by atoms with Crippen molar-refractivity contribution in [3.63, 3.8) is 0 Å². The largest absolute Gasteiger partial charge is 0.481 e. The highest BCUT2D eigenvalue weighted by Gasteiger charge is 2.25. The lowest BCUT2D eigenvalue weighted by Gasteiger charge is -2.16. The molecule has 2 N–H and O–H groups in total. The minimum absolute atomic E-state index is 0.167. The SMILES string of the molecule is CC(Oc1ccc(Br)cc1)C(=O)Nc1ccccc1C(=O)NC1CC1. The Morgan fingerprint density at radius 1 is 1.12 bits per heavy atom. The third kappa shape index (κ3) is 4.82. The van der Waals surface area contributed by atoms with E-state index in [9.17, 15) is 9.59 Å². The van der Waals surface area contributed by atoms with E-state index >= 15 is 0 Å². The van der Waals surface area contributed by atoms with E-state index < -0.39 is 6.10 Å². The zero-order valence-corrected chi connectivity index (χ0v) is 15.4. The van der Waals surface area contributed by atoms with Crippen LogP contribution in [0.5, 0.6) is 5.75 Å². The molecule has 0 radical (unpaired) electrons.